The molecule has 2 heterocycles. The van der Waals surface area contributed by atoms with E-state index in [1.54, 1.807) is 0 Å². The van der Waals surface area contributed by atoms with Crippen LogP contribution in [0.3, 0.4) is 0 Å². The summed E-state index contributed by atoms with van der Waals surface area (Å²) in [5.74, 6) is 6.07. The van der Waals surface area contributed by atoms with Gasteiger partial charge in [0.1, 0.15) is 11.9 Å². The van der Waals surface area contributed by atoms with Crippen molar-refractivity contribution in [2.75, 3.05) is 6.61 Å². The molecule has 2 unspecified atom stereocenters. The predicted octanol–water partition coefficient (Wildman–Crippen LogP) is 1.61. The maximum atomic E-state index is 11.6. The summed E-state index contributed by atoms with van der Waals surface area (Å²) in [6.07, 6.45) is 3.84. The number of hydrogen-bond donors (Lipinski definition) is 0. The molecule has 1 saturated heterocycles. The van der Waals surface area contributed by atoms with Crippen LogP contribution in [-0.2, 0) is 19.1 Å². The lowest BCUT2D eigenvalue weighted by Crippen LogP contribution is -2.33. The second-order valence-electron chi connectivity index (χ2n) is 4.73. The maximum absolute atomic E-state index is 11.6. The molecule has 4 nitrogen and oxygen atoms in total. The molecule has 0 saturated carbocycles. The zero-order valence-electron chi connectivity index (χ0n) is 10.4. The summed E-state index contributed by atoms with van der Waals surface area (Å²) in [5, 5.41) is 0. The molecule has 0 aromatic heterocycles. The molecule has 0 spiro atoms. The number of carbonyl (C=O) groups is 2. The van der Waals surface area contributed by atoms with Crippen molar-refractivity contribution in [3.05, 3.63) is 0 Å². The molecule has 2 aliphatic rings. The van der Waals surface area contributed by atoms with Gasteiger partial charge in [-0.25, -0.2) is 0 Å². The Morgan fingerprint density at radius 2 is 2.06 bits per heavy atom. The number of rotatable bonds is 0. The van der Waals surface area contributed by atoms with Crippen molar-refractivity contribution >= 4 is 11.8 Å². The van der Waals surface area contributed by atoms with Crippen LogP contribution in [0.5, 0.6) is 0 Å². The molecule has 0 aliphatic carbocycles. The van der Waals surface area contributed by atoms with Crippen LogP contribution in [0.4, 0.5) is 0 Å². The van der Waals surface area contributed by atoms with Crippen molar-refractivity contribution < 1.29 is 19.1 Å². The first-order valence-electron chi connectivity index (χ1n) is 6.55. The van der Waals surface area contributed by atoms with Gasteiger partial charge < -0.3 is 9.47 Å². The van der Waals surface area contributed by atoms with Crippen molar-refractivity contribution in [3.8, 4) is 11.8 Å². The summed E-state index contributed by atoms with van der Waals surface area (Å²) in [6.45, 7) is 0.330. The SMILES string of the molecule is O=C1CC2C#CCCCCC(=O)OCCC(C1)O2. The first-order valence-corrected chi connectivity index (χ1v) is 6.55. The lowest BCUT2D eigenvalue weighted by molar-refractivity contribution is -0.145. The molecular weight excluding hydrogens is 232 g/mol. The monoisotopic (exact) mass is 250 g/mol. The fourth-order valence-corrected chi connectivity index (χ4v) is 2.17. The minimum absolute atomic E-state index is 0.154. The van der Waals surface area contributed by atoms with Gasteiger partial charge >= 0.3 is 5.97 Å². The van der Waals surface area contributed by atoms with Crippen molar-refractivity contribution in [1.82, 2.24) is 0 Å². The molecule has 0 aromatic carbocycles. The Morgan fingerprint density at radius 3 is 2.94 bits per heavy atom. The Hall–Kier alpha value is -1.34. The molecular formula is C14H18O4. The molecule has 98 valence electrons. The number of cyclic esters (lactones) is 1. The Kier molecular flexibility index (Phi) is 4.77. The van der Waals surface area contributed by atoms with Crippen LogP contribution in [0.1, 0.15) is 44.9 Å². The Labute approximate surface area is 107 Å². The Balaban J connectivity index is 1.97. The van der Waals surface area contributed by atoms with Gasteiger partial charge in [-0.15, -0.1) is 5.92 Å². The number of esters is 1. The Morgan fingerprint density at radius 1 is 1.17 bits per heavy atom. The summed E-state index contributed by atoms with van der Waals surface area (Å²) in [5.41, 5.74) is 0. The lowest BCUT2D eigenvalue weighted by atomic mass is 10.0. The highest BCUT2D eigenvalue weighted by Crippen LogP contribution is 2.19. The summed E-state index contributed by atoms with van der Waals surface area (Å²) in [6, 6.07) is 0. The van der Waals surface area contributed by atoms with Crippen LogP contribution in [0.2, 0.25) is 0 Å². The topological polar surface area (TPSA) is 52.6 Å². The molecule has 2 bridgehead atoms. The second kappa shape index (κ2) is 6.55. The minimum Gasteiger partial charge on any atom is -0.466 e. The molecule has 4 heteroatoms. The average molecular weight is 250 g/mol. The molecule has 0 N–H and O–H groups in total. The molecule has 2 rings (SSSR count). The second-order valence-corrected chi connectivity index (χ2v) is 4.73. The smallest absolute Gasteiger partial charge is 0.305 e. The summed E-state index contributed by atoms with van der Waals surface area (Å²) in [7, 11) is 0. The first-order chi connectivity index (χ1) is 8.74. The van der Waals surface area contributed by atoms with Crippen molar-refractivity contribution in [2.24, 2.45) is 0 Å². The summed E-state index contributed by atoms with van der Waals surface area (Å²) >= 11 is 0. The van der Waals surface area contributed by atoms with E-state index in [0.29, 0.717) is 32.3 Å². The molecule has 2 atom stereocenters. The number of Topliss-reactive ketones (excluding diaryl/α,β-unsaturated/α-hetero) is 1. The van der Waals surface area contributed by atoms with Gasteiger partial charge in [0, 0.05) is 32.1 Å². The van der Waals surface area contributed by atoms with Crippen LogP contribution >= 0.6 is 0 Å². The zero-order valence-corrected chi connectivity index (χ0v) is 10.4. The maximum Gasteiger partial charge on any atom is 0.305 e. The van der Waals surface area contributed by atoms with Crippen molar-refractivity contribution in [3.63, 3.8) is 0 Å². The molecule has 0 amide bonds. The fourth-order valence-electron chi connectivity index (χ4n) is 2.17. The minimum atomic E-state index is -0.271. The van der Waals surface area contributed by atoms with E-state index in [0.717, 1.165) is 19.3 Å². The van der Waals surface area contributed by atoms with E-state index >= 15 is 0 Å². The van der Waals surface area contributed by atoms with Gasteiger partial charge in [0.15, 0.2) is 0 Å². The van der Waals surface area contributed by atoms with Gasteiger partial charge in [0.2, 0.25) is 0 Å². The zero-order chi connectivity index (χ0) is 12.8. The summed E-state index contributed by atoms with van der Waals surface area (Å²) in [4.78, 5) is 22.9. The highest BCUT2D eigenvalue weighted by atomic mass is 16.5. The van der Waals surface area contributed by atoms with Crippen molar-refractivity contribution in [1.29, 1.82) is 0 Å². The van der Waals surface area contributed by atoms with Crippen LogP contribution in [0.15, 0.2) is 0 Å². The standard InChI is InChI=1S/C14H18O4/c15-11-9-12-5-3-1-2-4-6-14(16)17-8-7-13(10-11)18-12/h12-13H,1-2,4,6-10H2. The number of hydrogen-bond acceptors (Lipinski definition) is 4. The predicted molar refractivity (Wildman–Crippen MR) is 64.7 cm³/mol. The third-order valence-corrected chi connectivity index (χ3v) is 3.12. The molecule has 1 fully saturated rings. The van der Waals surface area contributed by atoms with E-state index in [-0.39, 0.29) is 24.0 Å². The molecule has 0 aromatic rings. The number of carbonyl (C=O) groups excluding carboxylic acids is 2. The average Bonchev–Trinajstić information content (AvgIpc) is 2.33. The van der Waals surface area contributed by atoms with E-state index in [1.165, 1.54) is 0 Å². The van der Waals surface area contributed by atoms with E-state index in [4.69, 9.17) is 9.47 Å². The first kappa shape index (κ1) is 13.1. The third-order valence-electron chi connectivity index (χ3n) is 3.12. The highest BCUT2D eigenvalue weighted by molar-refractivity contribution is 5.80. The highest BCUT2D eigenvalue weighted by Gasteiger charge is 2.26. The molecule has 2 aliphatic heterocycles. The normalized spacial score (nSPS) is 30.0. The lowest BCUT2D eigenvalue weighted by Gasteiger charge is -2.26. The van der Waals surface area contributed by atoms with Gasteiger partial charge in [0.25, 0.3) is 0 Å². The van der Waals surface area contributed by atoms with Crippen LogP contribution in [0, 0.1) is 11.8 Å². The van der Waals surface area contributed by atoms with Crippen LogP contribution in [0.25, 0.3) is 0 Å². The number of fused-ring (bicyclic) bond motifs is 2. The molecule has 18 heavy (non-hydrogen) atoms. The van der Waals surface area contributed by atoms with E-state index < -0.39 is 0 Å². The van der Waals surface area contributed by atoms with Gasteiger partial charge in [-0.3, -0.25) is 9.59 Å². The Bertz CT molecular complexity index is 377. The number of ether oxygens (including phenoxy) is 2. The van der Waals surface area contributed by atoms with E-state index in [1.807, 2.05) is 0 Å². The van der Waals surface area contributed by atoms with Gasteiger partial charge in [-0.2, -0.15) is 0 Å². The van der Waals surface area contributed by atoms with E-state index in [2.05, 4.69) is 11.8 Å². The fraction of sp³-hybridized carbons (Fsp3) is 0.714. The van der Waals surface area contributed by atoms with Gasteiger partial charge in [-0.05, 0) is 12.8 Å². The number of ketones is 1. The van der Waals surface area contributed by atoms with Crippen LogP contribution < -0.4 is 0 Å². The molecule has 0 radical (unpaired) electrons. The van der Waals surface area contributed by atoms with Gasteiger partial charge in [-0.1, -0.05) is 5.92 Å². The summed E-state index contributed by atoms with van der Waals surface area (Å²) < 4.78 is 10.8. The quantitative estimate of drug-likeness (QED) is 0.484. The third kappa shape index (κ3) is 4.15. The van der Waals surface area contributed by atoms with Crippen molar-refractivity contribution in [2.45, 2.75) is 57.2 Å². The van der Waals surface area contributed by atoms with Crippen LogP contribution in [-0.4, -0.2) is 30.6 Å². The van der Waals surface area contributed by atoms with E-state index in [9.17, 15) is 9.59 Å². The largest absolute Gasteiger partial charge is 0.466 e. The van der Waals surface area contributed by atoms with Gasteiger partial charge in [0.05, 0.1) is 12.7 Å².